The lowest BCUT2D eigenvalue weighted by molar-refractivity contribution is 0.363. The summed E-state index contributed by atoms with van der Waals surface area (Å²) in [5.74, 6) is -0.0889. The number of rotatable bonds is 6. The highest BCUT2D eigenvalue weighted by Crippen LogP contribution is 2.22. The van der Waals surface area contributed by atoms with Crippen LogP contribution in [0.3, 0.4) is 0 Å². The molecule has 0 spiro atoms. The van der Waals surface area contributed by atoms with Gasteiger partial charge in [0.05, 0.1) is 13.4 Å². The molecule has 0 amide bonds. The van der Waals surface area contributed by atoms with E-state index in [-0.39, 0.29) is 24.0 Å². The minimum absolute atomic E-state index is 0. The molecule has 0 unspecified atom stereocenters. The Morgan fingerprint density at radius 3 is 2.76 bits per heavy atom. The zero-order chi connectivity index (χ0) is 16.9. The van der Waals surface area contributed by atoms with Crippen molar-refractivity contribution in [2.45, 2.75) is 6.54 Å². The second-order valence-electron chi connectivity index (χ2n) is 5.75. The summed E-state index contributed by atoms with van der Waals surface area (Å²) in [6.07, 6.45) is 5.74. The largest absolute Gasteiger partial charge is 0.494 e. The molecule has 3 aromatic rings. The first-order valence-electron chi connectivity index (χ1n) is 7.81. The van der Waals surface area contributed by atoms with E-state index in [9.17, 15) is 4.39 Å². The molecule has 0 saturated heterocycles. The normalized spacial score (nSPS) is 11.2. The number of ether oxygens (including phenoxy) is 1. The fraction of sp³-hybridized carbons (Fsp3) is 0.200. The van der Waals surface area contributed by atoms with E-state index in [1.807, 2.05) is 49.7 Å². The van der Waals surface area contributed by atoms with Crippen LogP contribution < -0.4 is 4.74 Å². The first-order valence-corrected chi connectivity index (χ1v) is 7.81. The molecule has 0 bridgehead atoms. The highest BCUT2D eigenvalue weighted by atomic mass is 35.5. The highest BCUT2D eigenvalue weighted by Gasteiger charge is 2.07. The van der Waals surface area contributed by atoms with Gasteiger partial charge in [-0.15, -0.1) is 12.4 Å². The van der Waals surface area contributed by atoms with Gasteiger partial charge in [0, 0.05) is 24.0 Å². The van der Waals surface area contributed by atoms with Gasteiger partial charge in [-0.25, -0.2) is 4.39 Å². The molecule has 25 heavy (non-hydrogen) atoms. The van der Waals surface area contributed by atoms with Gasteiger partial charge in [0.2, 0.25) is 0 Å². The van der Waals surface area contributed by atoms with Crippen molar-refractivity contribution < 1.29 is 13.5 Å². The van der Waals surface area contributed by atoms with Crippen LogP contribution in [0.1, 0.15) is 11.1 Å². The van der Waals surface area contributed by atoms with Gasteiger partial charge < -0.3 is 9.15 Å². The smallest absolute Gasteiger partial charge is 0.165 e. The standard InChI is InChI=1S/C20H20FNO2.ClH/c1-22(13-16-14-24-19-8-4-3-7-17(16)19)11-5-6-15-9-10-20(23-2)18(21)12-15;/h3-10,12,14H,11,13H2,1-2H3;1H/b6-5+;. The molecule has 0 saturated carbocycles. The molecule has 5 heteroatoms. The summed E-state index contributed by atoms with van der Waals surface area (Å²) in [5.41, 5.74) is 2.89. The van der Waals surface area contributed by atoms with E-state index in [4.69, 9.17) is 9.15 Å². The Bertz CT molecular complexity index is 860. The highest BCUT2D eigenvalue weighted by molar-refractivity contribution is 5.85. The average Bonchev–Trinajstić information content (AvgIpc) is 2.98. The molecular weight excluding hydrogens is 341 g/mol. The number of para-hydroxylation sites is 1. The predicted molar refractivity (Wildman–Crippen MR) is 102 cm³/mol. The molecule has 0 atom stereocenters. The summed E-state index contributed by atoms with van der Waals surface area (Å²) in [4.78, 5) is 2.17. The van der Waals surface area contributed by atoms with E-state index in [0.717, 1.165) is 35.2 Å². The molecule has 132 valence electrons. The Morgan fingerprint density at radius 2 is 2.00 bits per heavy atom. The van der Waals surface area contributed by atoms with Crippen molar-refractivity contribution in [2.24, 2.45) is 0 Å². The van der Waals surface area contributed by atoms with E-state index in [0.29, 0.717) is 0 Å². The maximum absolute atomic E-state index is 13.7. The van der Waals surface area contributed by atoms with Gasteiger partial charge in [0.15, 0.2) is 11.6 Å². The van der Waals surface area contributed by atoms with Crippen molar-refractivity contribution >= 4 is 29.5 Å². The minimum Gasteiger partial charge on any atom is -0.494 e. The molecule has 1 aromatic heterocycles. The molecule has 1 heterocycles. The fourth-order valence-corrected chi connectivity index (χ4v) is 2.67. The maximum atomic E-state index is 13.7. The second-order valence-corrected chi connectivity index (χ2v) is 5.75. The Balaban J connectivity index is 0.00000225. The van der Waals surface area contributed by atoms with Crippen LogP contribution in [0.25, 0.3) is 17.0 Å². The Kier molecular flexibility index (Phi) is 6.62. The van der Waals surface area contributed by atoms with E-state index >= 15 is 0 Å². The quantitative estimate of drug-likeness (QED) is 0.607. The van der Waals surface area contributed by atoms with Gasteiger partial charge in [-0.1, -0.05) is 36.4 Å². The van der Waals surface area contributed by atoms with Gasteiger partial charge >= 0.3 is 0 Å². The summed E-state index contributed by atoms with van der Waals surface area (Å²) >= 11 is 0. The molecule has 0 radical (unpaired) electrons. The van der Waals surface area contributed by atoms with Crippen molar-refractivity contribution in [2.75, 3.05) is 20.7 Å². The number of benzene rings is 2. The van der Waals surface area contributed by atoms with Gasteiger partial charge in [-0.3, -0.25) is 4.90 Å². The Labute approximate surface area is 153 Å². The second kappa shape index (κ2) is 8.70. The Morgan fingerprint density at radius 1 is 1.20 bits per heavy atom. The van der Waals surface area contributed by atoms with Crippen molar-refractivity contribution in [1.29, 1.82) is 0 Å². The van der Waals surface area contributed by atoms with Crippen molar-refractivity contribution in [3.8, 4) is 5.75 Å². The lowest BCUT2D eigenvalue weighted by Gasteiger charge is -2.13. The van der Waals surface area contributed by atoms with Crippen molar-refractivity contribution in [1.82, 2.24) is 4.90 Å². The molecule has 2 aromatic carbocycles. The molecule has 3 nitrogen and oxygen atoms in total. The van der Waals surface area contributed by atoms with Crippen LogP contribution in [0.15, 0.2) is 59.2 Å². The van der Waals surface area contributed by atoms with Crippen LogP contribution in [0.5, 0.6) is 5.75 Å². The van der Waals surface area contributed by atoms with Gasteiger partial charge in [-0.05, 0) is 30.8 Å². The monoisotopic (exact) mass is 361 g/mol. The van der Waals surface area contributed by atoms with Crippen molar-refractivity contribution in [3.05, 3.63) is 71.7 Å². The average molecular weight is 362 g/mol. The predicted octanol–water partition coefficient (Wildman–Crippen LogP) is 5.15. The lowest BCUT2D eigenvalue weighted by atomic mass is 10.1. The van der Waals surface area contributed by atoms with Crippen LogP contribution >= 0.6 is 12.4 Å². The van der Waals surface area contributed by atoms with E-state index in [1.54, 1.807) is 6.07 Å². The van der Waals surface area contributed by atoms with Crippen molar-refractivity contribution in [3.63, 3.8) is 0 Å². The number of fused-ring (bicyclic) bond motifs is 1. The minimum atomic E-state index is -0.349. The topological polar surface area (TPSA) is 25.6 Å². The number of hydrogen-bond acceptors (Lipinski definition) is 3. The zero-order valence-electron chi connectivity index (χ0n) is 14.2. The fourth-order valence-electron chi connectivity index (χ4n) is 2.67. The summed E-state index contributed by atoms with van der Waals surface area (Å²) in [5, 5.41) is 1.14. The number of methoxy groups -OCH3 is 1. The molecule has 0 N–H and O–H groups in total. The van der Waals surface area contributed by atoms with E-state index in [2.05, 4.69) is 11.0 Å². The number of nitrogens with zero attached hydrogens (tertiary/aromatic N) is 1. The van der Waals surface area contributed by atoms with Crippen LogP contribution in [-0.2, 0) is 6.54 Å². The summed E-state index contributed by atoms with van der Waals surface area (Å²) in [6, 6.07) is 13.0. The molecular formula is C20H21ClFNO2. The molecule has 0 aliphatic heterocycles. The lowest BCUT2D eigenvalue weighted by Crippen LogP contribution is -2.17. The SMILES string of the molecule is COc1ccc(/C=C/CN(C)Cc2coc3ccccc23)cc1F.Cl. The summed E-state index contributed by atoms with van der Waals surface area (Å²) in [7, 11) is 3.50. The Hall–Kier alpha value is -2.30. The van der Waals surface area contributed by atoms with Crippen LogP contribution in [0, 0.1) is 5.82 Å². The van der Waals surface area contributed by atoms with Gasteiger partial charge in [-0.2, -0.15) is 0 Å². The van der Waals surface area contributed by atoms with Crippen LogP contribution in [0.4, 0.5) is 4.39 Å². The summed E-state index contributed by atoms with van der Waals surface area (Å²) < 4.78 is 24.1. The van der Waals surface area contributed by atoms with Crippen LogP contribution in [-0.4, -0.2) is 25.6 Å². The van der Waals surface area contributed by atoms with E-state index in [1.165, 1.54) is 13.2 Å². The molecule has 0 fully saturated rings. The molecule has 3 rings (SSSR count). The van der Waals surface area contributed by atoms with E-state index < -0.39 is 0 Å². The third-order valence-electron chi connectivity index (χ3n) is 3.90. The third-order valence-corrected chi connectivity index (χ3v) is 3.90. The number of furan rings is 1. The molecule has 0 aliphatic carbocycles. The van der Waals surface area contributed by atoms with Gasteiger partial charge in [0.25, 0.3) is 0 Å². The van der Waals surface area contributed by atoms with Crippen LogP contribution in [0.2, 0.25) is 0 Å². The number of hydrogen-bond donors (Lipinski definition) is 0. The third kappa shape index (κ3) is 4.62. The zero-order valence-corrected chi connectivity index (χ0v) is 15.1. The number of likely N-dealkylation sites (N-methyl/N-ethyl adjacent to an activating group) is 1. The molecule has 0 aliphatic rings. The summed E-state index contributed by atoms with van der Waals surface area (Å²) in [6.45, 7) is 1.55. The number of halogens is 2. The first-order chi connectivity index (χ1) is 11.7. The maximum Gasteiger partial charge on any atom is 0.165 e. The first kappa shape index (κ1) is 19.0. The van der Waals surface area contributed by atoms with Gasteiger partial charge in [0.1, 0.15) is 5.58 Å².